The number of ether oxygens (including phenoxy) is 4. The molecule has 0 spiro atoms. The molecule has 3 aromatic rings. The minimum absolute atomic E-state index is 0.00487. The topological polar surface area (TPSA) is 108 Å². The minimum atomic E-state index is -0.736. The monoisotopic (exact) mass is 558 g/mol. The first kappa shape index (κ1) is 31.0. The molecule has 8 nitrogen and oxygen atoms in total. The fourth-order valence-electron chi connectivity index (χ4n) is 3.79. The quantitative estimate of drug-likeness (QED) is 0.113. The molecule has 0 fully saturated rings. The number of aliphatic hydroxyl groups is 1. The Bertz CT molecular complexity index is 1390. The van der Waals surface area contributed by atoms with E-state index in [0.29, 0.717) is 16.9 Å². The molecule has 8 heteroatoms. The highest BCUT2D eigenvalue weighted by Crippen LogP contribution is 2.30. The van der Waals surface area contributed by atoms with Crippen LogP contribution < -0.4 is 14.2 Å². The summed E-state index contributed by atoms with van der Waals surface area (Å²) in [5, 5.41) is 9.05. The summed E-state index contributed by atoms with van der Waals surface area (Å²) in [6.45, 7) is 8.72. The van der Waals surface area contributed by atoms with Gasteiger partial charge in [-0.1, -0.05) is 63.3 Å². The van der Waals surface area contributed by atoms with Crippen molar-refractivity contribution in [1.29, 1.82) is 0 Å². The number of rotatable bonds is 14. The summed E-state index contributed by atoms with van der Waals surface area (Å²) >= 11 is 0. The molecule has 0 radical (unpaired) electrons. The summed E-state index contributed by atoms with van der Waals surface area (Å²) < 4.78 is 21.2. The van der Waals surface area contributed by atoms with Gasteiger partial charge in [0.1, 0.15) is 22.8 Å². The summed E-state index contributed by atoms with van der Waals surface area (Å²) in [5.74, 6) is -1.56. The van der Waals surface area contributed by atoms with Crippen molar-refractivity contribution in [2.75, 3.05) is 20.3 Å². The number of esters is 3. The zero-order valence-electron chi connectivity index (χ0n) is 23.3. The lowest BCUT2D eigenvalue weighted by Gasteiger charge is -2.13. The first-order chi connectivity index (χ1) is 19.7. The molecular weight excluding hydrogens is 524 g/mol. The van der Waals surface area contributed by atoms with E-state index in [1.165, 1.54) is 13.2 Å². The van der Waals surface area contributed by atoms with Gasteiger partial charge in [0, 0.05) is 7.11 Å². The van der Waals surface area contributed by atoms with Crippen LogP contribution in [0.4, 0.5) is 0 Å². The third-order valence-electron chi connectivity index (χ3n) is 6.09. The number of hydrogen-bond donors (Lipinski definition) is 1. The second-order valence-electron chi connectivity index (χ2n) is 9.30. The largest absolute Gasteiger partial charge is 0.423 e. The second-order valence-corrected chi connectivity index (χ2v) is 9.30. The zero-order valence-corrected chi connectivity index (χ0v) is 23.3. The molecule has 1 N–H and O–H groups in total. The van der Waals surface area contributed by atoms with Crippen molar-refractivity contribution in [3.8, 4) is 28.4 Å². The number of hydrogen-bond acceptors (Lipinski definition) is 8. The average molecular weight is 559 g/mol. The first-order valence-electron chi connectivity index (χ1n) is 13.2. The lowest BCUT2D eigenvalue weighted by atomic mass is 10.0. The Hall–Kier alpha value is -4.53. The number of carbonyl (C=O) groups is 3. The van der Waals surface area contributed by atoms with Crippen molar-refractivity contribution in [1.82, 2.24) is 0 Å². The molecular formula is C33H34O8. The molecule has 0 unspecified atom stereocenters. The van der Waals surface area contributed by atoms with E-state index < -0.39 is 24.5 Å². The van der Waals surface area contributed by atoms with E-state index in [4.69, 9.17) is 24.1 Å². The highest BCUT2D eigenvalue weighted by Gasteiger charge is 2.20. The highest BCUT2D eigenvalue weighted by atomic mass is 16.6. The van der Waals surface area contributed by atoms with Crippen molar-refractivity contribution >= 4 is 17.9 Å². The molecule has 41 heavy (non-hydrogen) atoms. The van der Waals surface area contributed by atoms with E-state index >= 15 is 0 Å². The van der Waals surface area contributed by atoms with Crippen LogP contribution in [0, 0.1) is 0 Å². The Morgan fingerprint density at radius 2 is 1.37 bits per heavy atom. The van der Waals surface area contributed by atoms with Gasteiger partial charge in [0.25, 0.3) is 0 Å². The second kappa shape index (κ2) is 15.3. The molecule has 0 aliphatic rings. The maximum absolute atomic E-state index is 13.3. The van der Waals surface area contributed by atoms with Crippen molar-refractivity contribution in [3.63, 3.8) is 0 Å². The van der Waals surface area contributed by atoms with Crippen LogP contribution in [0.3, 0.4) is 0 Å². The first-order valence-corrected chi connectivity index (χ1v) is 13.2. The van der Waals surface area contributed by atoms with Gasteiger partial charge in [0.15, 0.2) is 0 Å². The Kier molecular flexibility index (Phi) is 11.6. The molecule has 0 aliphatic carbocycles. The molecule has 214 valence electrons. The molecule has 3 aromatic carbocycles. The SMILES string of the molecule is C=C(CO)C(=O)Oc1ccc(-c2ccc(OC(=O)C(=C)COC)c(C(=O)Oc3ccc(CCCCC)cc3)c2)cc1. The predicted octanol–water partition coefficient (Wildman–Crippen LogP) is 5.87. The molecule has 0 aliphatic heterocycles. The van der Waals surface area contributed by atoms with Crippen LogP contribution in [-0.2, 0) is 20.7 Å². The zero-order chi connectivity index (χ0) is 29.8. The van der Waals surface area contributed by atoms with Crippen LogP contribution in [0.2, 0.25) is 0 Å². The highest BCUT2D eigenvalue weighted by molar-refractivity contribution is 5.98. The van der Waals surface area contributed by atoms with Gasteiger partial charge in [0.05, 0.1) is 24.4 Å². The van der Waals surface area contributed by atoms with Crippen molar-refractivity contribution in [2.24, 2.45) is 0 Å². The standard InChI is InChI=1S/C33H34O8/c1-5-6-7-8-24-9-14-27(15-10-24)40-33(37)29-19-26(13-18-30(29)41-32(36)23(3)21-38-4)25-11-16-28(17-12-25)39-31(35)22(2)20-34/h9-19,34H,2-3,5-8,20-21H2,1,4H3. The van der Waals surface area contributed by atoms with Crippen LogP contribution in [-0.4, -0.2) is 43.3 Å². The van der Waals surface area contributed by atoms with E-state index in [2.05, 4.69) is 20.1 Å². The van der Waals surface area contributed by atoms with Gasteiger partial charge in [-0.05, 0) is 65.9 Å². The fourth-order valence-corrected chi connectivity index (χ4v) is 3.79. The number of benzene rings is 3. The maximum atomic E-state index is 13.3. The van der Waals surface area contributed by atoms with E-state index in [-0.39, 0.29) is 34.8 Å². The molecule has 0 atom stereocenters. The third-order valence-corrected chi connectivity index (χ3v) is 6.09. The van der Waals surface area contributed by atoms with Gasteiger partial charge in [0.2, 0.25) is 0 Å². The molecule has 0 saturated carbocycles. The third kappa shape index (κ3) is 8.99. The molecule has 0 heterocycles. The fraction of sp³-hybridized carbons (Fsp3) is 0.242. The van der Waals surface area contributed by atoms with E-state index in [1.807, 2.05) is 12.1 Å². The van der Waals surface area contributed by atoms with Crippen LogP contribution in [0.1, 0.15) is 42.1 Å². The number of methoxy groups -OCH3 is 1. The minimum Gasteiger partial charge on any atom is -0.423 e. The van der Waals surface area contributed by atoms with Crippen LogP contribution in [0.15, 0.2) is 91.0 Å². The lowest BCUT2D eigenvalue weighted by molar-refractivity contribution is -0.131. The van der Waals surface area contributed by atoms with Crippen LogP contribution in [0.5, 0.6) is 17.2 Å². The number of carbonyl (C=O) groups excluding carboxylic acids is 3. The molecule has 0 aromatic heterocycles. The predicted molar refractivity (Wildman–Crippen MR) is 155 cm³/mol. The summed E-state index contributed by atoms with van der Waals surface area (Å²) in [6.07, 6.45) is 4.33. The summed E-state index contributed by atoms with van der Waals surface area (Å²) in [4.78, 5) is 37.7. The van der Waals surface area contributed by atoms with Gasteiger partial charge < -0.3 is 24.1 Å². The Morgan fingerprint density at radius 3 is 2.00 bits per heavy atom. The Balaban J connectivity index is 1.86. The number of aliphatic hydroxyl groups excluding tert-OH is 1. The summed E-state index contributed by atoms with van der Waals surface area (Å²) in [6, 6.07) is 18.6. The van der Waals surface area contributed by atoms with E-state index in [0.717, 1.165) is 31.2 Å². The van der Waals surface area contributed by atoms with Crippen LogP contribution >= 0.6 is 0 Å². The maximum Gasteiger partial charge on any atom is 0.347 e. The van der Waals surface area contributed by atoms with Gasteiger partial charge in [-0.25, -0.2) is 14.4 Å². The smallest absolute Gasteiger partial charge is 0.347 e. The van der Waals surface area contributed by atoms with Gasteiger partial charge in [-0.15, -0.1) is 0 Å². The molecule has 0 saturated heterocycles. The lowest BCUT2D eigenvalue weighted by Crippen LogP contribution is -2.17. The summed E-state index contributed by atoms with van der Waals surface area (Å²) in [5.41, 5.74) is 2.52. The molecule has 0 amide bonds. The summed E-state index contributed by atoms with van der Waals surface area (Å²) in [7, 11) is 1.43. The van der Waals surface area contributed by atoms with Crippen molar-refractivity contribution in [3.05, 3.63) is 102 Å². The number of unbranched alkanes of at least 4 members (excludes halogenated alkanes) is 2. The van der Waals surface area contributed by atoms with E-state index in [1.54, 1.807) is 48.5 Å². The normalized spacial score (nSPS) is 10.5. The van der Waals surface area contributed by atoms with Crippen LogP contribution in [0.25, 0.3) is 11.1 Å². The van der Waals surface area contributed by atoms with Crippen molar-refractivity contribution < 1.29 is 38.4 Å². The Labute approximate surface area is 239 Å². The van der Waals surface area contributed by atoms with E-state index in [9.17, 15) is 14.4 Å². The van der Waals surface area contributed by atoms with Gasteiger partial charge in [-0.3, -0.25) is 0 Å². The molecule has 3 rings (SSSR count). The Morgan fingerprint density at radius 1 is 0.756 bits per heavy atom. The van der Waals surface area contributed by atoms with Crippen molar-refractivity contribution in [2.45, 2.75) is 32.6 Å². The van der Waals surface area contributed by atoms with Gasteiger partial charge in [-0.2, -0.15) is 0 Å². The molecule has 0 bridgehead atoms. The average Bonchev–Trinajstić information content (AvgIpc) is 2.98. The van der Waals surface area contributed by atoms with Gasteiger partial charge >= 0.3 is 17.9 Å². The number of aryl methyl sites for hydroxylation is 1.